The second-order valence-electron chi connectivity index (χ2n) is 5.46. The smallest absolute Gasteiger partial charge is 0.282 e. The molecule has 1 aromatic heterocycles. The van der Waals surface area contributed by atoms with Crippen LogP contribution >= 0.6 is 0 Å². The van der Waals surface area contributed by atoms with Crippen molar-refractivity contribution >= 4 is 5.91 Å². The van der Waals surface area contributed by atoms with Gasteiger partial charge in [-0.1, -0.05) is 6.07 Å². The van der Waals surface area contributed by atoms with E-state index in [1.165, 1.54) is 10.7 Å². The van der Waals surface area contributed by atoms with Crippen molar-refractivity contribution in [1.29, 1.82) is 0 Å². The van der Waals surface area contributed by atoms with Crippen molar-refractivity contribution in [3.8, 4) is 11.5 Å². The highest BCUT2D eigenvalue weighted by atomic mass is 19.3. The second kappa shape index (κ2) is 8.46. The van der Waals surface area contributed by atoms with Crippen molar-refractivity contribution in [1.82, 2.24) is 15.1 Å². The topological polar surface area (TPSA) is 65.4 Å². The highest BCUT2D eigenvalue weighted by Gasteiger charge is 2.15. The summed E-state index contributed by atoms with van der Waals surface area (Å²) >= 11 is 0. The maximum absolute atomic E-state index is 12.6. The van der Waals surface area contributed by atoms with Crippen molar-refractivity contribution in [3.05, 3.63) is 41.2 Å². The van der Waals surface area contributed by atoms with Crippen molar-refractivity contribution in [2.24, 2.45) is 0 Å². The number of nitrogens with zero attached hydrogens (tertiary/aromatic N) is 2. The van der Waals surface area contributed by atoms with Gasteiger partial charge < -0.3 is 14.8 Å². The summed E-state index contributed by atoms with van der Waals surface area (Å²) in [5.41, 5.74) is 1.18. The van der Waals surface area contributed by atoms with E-state index in [0.29, 0.717) is 30.2 Å². The molecule has 0 bridgehead atoms. The monoisotopic (exact) mass is 353 g/mol. The molecule has 2 rings (SSSR count). The van der Waals surface area contributed by atoms with Gasteiger partial charge in [0.15, 0.2) is 11.5 Å². The Labute approximate surface area is 144 Å². The van der Waals surface area contributed by atoms with Crippen molar-refractivity contribution in [3.63, 3.8) is 0 Å². The first-order chi connectivity index (χ1) is 11.9. The van der Waals surface area contributed by atoms with Gasteiger partial charge >= 0.3 is 0 Å². The van der Waals surface area contributed by atoms with E-state index in [1.807, 2.05) is 12.1 Å². The molecule has 25 heavy (non-hydrogen) atoms. The van der Waals surface area contributed by atoms with Crippen molar-refractivity contribution < 1.29 is 23.0 Å². The molecule has 0 radical (unpaired) electrons. The number of carbonyl (C=O) groups is 1. The number of rotatable bonds is 8. The minimum absolute atomic E-state index is 0.0928. The zero-order valence-electron chi connectivity index (χ0n) is 14.4. The van der Waals surface area contributed by atoms with E-state index in [9.17, 15) is 13.6 Å². The largest absolute Gasteiger partial charge is 0.493 e. The van der Waals surface area contributed by atoms with E-state index in [1.54, 1.807) is 27.2 Å². The van der Waals surface area contributed by atoms with Gasteiger partial charge in [0.25, 0.3) is 6.43 Å². The van der Waals surface area contributed by atoms with Gasteiger partial charge in [0.1, 0.15) is 12.2 Å². The van der Waals surface area contributed by atoms with Crippen LogP contribution in [0.3, 0.4) is 0 Å². The molecule has 1 aromatic carbocycles. The number of ether oxygens (including phenoxy) is 2. The third-order valence-corrected chi connectivity index (χ3v) is 3.70. The van der Waals surface area contributed by atoms with E-state index in [4.69, 9.17) is 9.47 Å². The summed E-state index contributed by atoms with van der Waals surface area (Å²) in [5.74, 6) is 0.977. The number of aromatic nitrogens is 2. The number of aryl methyl sites for hydroxylation is 1. The lowest BCUT2D eigenvalue weighted by Crippen LogP contribution is -2.30. The van der Waals surface area contributed by atoms with Crippen molar-refractivity contribution in [2.75, 3.05) is 20.8 Å². The number of halogens is 2. The fourth-order valence-electron chi connectivity index (χ4n) is 2.38. The molecule has 0 aliphatic rings. The summed E-state index contributed by atoms with van der Waals surface area (Å²) in [6, 6.07) is 6.81. The zero-order chi connectivity index (χ0) is 18.4. The Kier molecular flexibility index (Phi) is 6.32. The number of nitrogens with one attached hydrogen (secondary N) is 1. The number of hydrogen-bond acceptors (Lipinski definition) is 4. The van der Waals surface area contributed by atoms with Gasteiger partial charge in [0, 0.05) is 12.2 Å². The van der Waals surface area contributed by atoms with Gasteiger partial charge in [-0.3, -0.25) is 9.48 Å². The molecule has 2 aromatic rings. The van der Waals surface area contributed by atoms with Crippen LogP contribution in [-0.2, 0) is 17.8 Å². The van der Waals surface area contributed by atoms with Crippen LogP contribution in [0.4, 0.5) is 8.78 Å². The predicted octanol–water partition coefficient (Wildman–Crippen LogP) is 2.51. The lowest BCUT2D eigenvalue weighted by molar-refractivity contribution is -0.121. The highest BCUT2D eigenvalue weighted by Crippen LogP contribution is 2.27. The molecule has 0 aliphatic heterocycles. The maximum atomic E-state index is 12.6. The van der Waals surface area contributed by atoms with Crippen LogP contribution in [0.25, 0.3) is 0 Å². The van der Waals surface area contributed by atoms with E-state index in [0.717, 1.165) is 5.56 Å². The predicted molar refractivity (Wildman–Crippen MR) is 88.2 cm³/mol. The van der Waals surface area contributed by atoms with E-state index in [-0.39, 0.29) is 18.1 Å². The molecule has 6 nitrogen and oxygen atoms in total. The first kappa shape index (κ1) is 18.7. The number of amides is 1. The molecule has 0 aliphatic carbocycles. The van der Waals surface area contributed by atoms with Gasteiger partial charge in [-0.15, -0.1) is 0 Å². The van der Waals surface area contributed by atoms with Crippen molar-refractivity contribution in [2.45, 2.75) is 26.3 Å². The van der Waals surface area contributed by atoms with E-state index < -0.39 is 6.43 Å². The Balaban J connectivity index is 1.86. The fraction of sp³-hybridized carbons (Fsp3) is 0.412. The summed E-state index contributed by atoms with van der Waals surface area (Å²) in [4.78, 5) is 12.0. The van der Waals surface area contributed by atoms with Crippen LogP contribution in [0, 0.1) is 6.92 Å². The lowest BCUT2D eigenvalue weighted by atomic mass is 10.1. The SMILES string of the molecule is COc1ccc(CCNC(=O)Cn2nc(C(F)F)cc2C)cc1OC. The Morgan fingerprint density at radius 2 is 1.96 bits per heavy atom. The molecule has 0 spiro atoms. The number of hydrogen-bond donors (Lipinski definition) is 1. The summed E-state index contributed by atoms with van der Waals surface area (Å²) in [6.07, 6.45) is -2.04. The van der Waals surface area contributed by atoms with E-state index >= 15 is 0 Å². The third kappa shape index (κ3) is 4.91. The summed E-state index contributed by atoms with van der Waals surface area (Å²) < 4.78 is 36.9. The molecular formula is C17H21F2N3O3. The Morgan fingerprint density at radius 3 is 2.56 bits per heavy atom. The van der Waals surface area contributed by atoms with Gasteiger partial charge in [0.05, 0.1) is 14.2 Å². The molecule has 0 saturated heterocycles. The number of carbonyl (C=O) groups excluding carboxylic acids is 1. The first-order valence-corrected chi connectivity index (χ1v) is 7.74. The average Bonchev–Trinajstić information content (AvgIpc) is 2.95. The number of methoxy groups -OCH3 is 2. The molecule has 8 heteroatoms. The molecule has 1 heterocycles. The average molecular weight is 353 g/mol. The molecule has 1 amide bonds. The molecule has 0 atom stereocenters. The molecule has 136 valence electrons. The van der Waals surface area contributed by atoms with Gasteiger partial charge in [-0.2, -0.15) is 5.10 Å². The van der Waals surface area contributed by atoms with Crippen LogP contribution in [0.15, 0.2) is 24.3 Å². The molecule has 1 N–H and O–H groups in total. The summed E-state index contributed by atoms with van der Waals surface area (Å²) in [6.45, 7) is 1.95. The Hall–Kier alpha value is -2.64. The molecule has 0 fully saturated rings. The Bertz CT molecular complexity index is 732. The summed E-state index contributed by atoms with van der Waals surface area (Å²) in [7, 11) is 3.12. The fourth-order valence-corrected chi connectivity index (χ4v) is 2.38. The number of benzene rings is 1. The molecule has 0 unspecified atom stereocenters. The maximum Gasteiger partial charge on any atom is 0.282 e. The van der Waals surface area contributed by atoms with Crippen LogP contribution in [0.5, 0.6) is 11.5 Å². The van der Waals surface area contributed by atoms with Gasteiger partial charge in [-0.25, -0.2) is 8.78 Å². The van der Waals surface area contributed by atoms with Crippen LogP contribution in [0.1, 0.15) is 23.4 Å². The van der Waals surface area contributed by atoms with E-state index in [2.05, 4.69) is 10.4 Å². The van der Waals surface area contributed by atoms with Crippen LogP contribution < -0.4 is 14.8 Å². The van der Waals surface area contributed by atoms with Crippen LogP contribution in [0.2, 0.25) is 0 Å². The minimum atomic E-state index is -2.65. The first-order valence-electron chi connectivity index (χ1n) is 7.74. The molecule has 0 saturated carbocycles. The Morgan fingerprint density at radius 1 is 1.24 bits per heavy atom. The lowest BCUT2D eigenvalue weighted by Gasteiger charge is -2.10. The normalized spacial score (nSPS) is 10.8. The standard InChI is InChI=1S/C17H21F2N3O3/c1-11-8-13(17(18)19)21-22(11)10-16(23)20-7-6-12-4-5-14(24-2)15(9-12)25-3/h4-5,8-9,17H,6-7,10H2,1-3H3,(H,20,23). The van der Waals surface area contributed by atoms with Crippen LogP contribution in [-0.4, -0.2) is 36.5 Å². The quantitative estimate of drug-likeness (QED) is 0.792. The molecular weight excluding hydrogens is 332 g/mol. The number of alkyl halides is 2. The second-order valence-corrected chi connectivity index (χ2v) is 5.46. The highest BCUT2D eigenvalue weighted by molar-refractivity contribution is 5.75. The zero-order valence-corrected chi connectivity index (χ0v) is 14.4. The van der Waals surface area contributed by atoms with Gasteiger partial charge in [-0.05, 0) is 37.1 Å². The third-order valence-electron chi connectivity index (χ3n) is 3.70. The van der Waals surface area contributed by atoms with Gasteiger partial charge in [0.2, 0.25) is 5.91 Å². The summed E-state index contributed by atoms with van der Waals surface area (Å²) in [5, 5.41) is 6.48. The minimum Gasteiger partial charge on any atom is -0.493 e.